The second kappa shape index (κ2) is 5.37. The van der Waals surface area contributed by atoms with Crippen molar-refractivity contribution in [2.45, 2.75) is 26.4 Å². The fourth-order valence-electron chi connectivity index (χ4n) is 1.92. The summed E-state index contributed by atoms with van der Waals surface area (Å²) >= 11 is 6.35. The molecule has 0 radical (unpaired) electrons. The van der Waals surface area contributed by atoms with Gasteiger partial charge in [0.15, 0.2) is 0 Å². The maximum atomic E-state index is 6.35. The van der Waals surface area contributed by atoms with Crippen molar-refractivity contribution in [3.05, 3.63) is 23.2 Å². The molecular weight excluding hydrogens is 278 g/mol. The predicted molar refractivity (Wildman–Crippen MR) is 80.2 cm³/mol. The number of fused-ring (bicyclic) bond motifs is 1. The number of hydrogen-bond donors (Lipinski definition) is 0. The Morgan fingerprint density at radius 1 is 1.05 bits per heavy atom. The molecule has 0 fully saturated rings. The number of nitrogens with zero attached hydrogens (tertiary/aromatic N) is 1. The zero-order valence-electron chi connectivity index (χ0n) is 12.3. The quantitative estimate of drug-likeness (QED) is 0.855. The summed E-state index contributed by atoms with van der Waals surface area (Å²) in [4.78, 5) is 4.49. The first-order chi connectivity index (χ1) is 9.35. The van der Waals surface area contributed by atoms with Crippen molar-refractivity contribution in [2.75, 3.05) is 14.2 Å². The Kier molecular flexibility index (Phi) is 3.95. The zero-order chi connectivity index (χ0) is 14.9. The lowest BCUT2D eigenvalue weighted by Gasteiger charge is -2.21. The van der Waals surface area contributed by atoms with Crippen LogP contribution in [0.2, 0.25) is 5.02 Å². The fraction of sp³-hybridized carbons (Fsp3) is 0.400. The van der Waals surface area contributed by atoms with Crippen LogP contribution in [0.15, 0.2) is 18.2 Å². The largest absolute Gasteiger partial charge is 0.496 e. The first kappa shape index (κ1) is 14.7. The fourth-order valence-corrected chi connectivity index (χ4v) is 2.20. The molecule has 1 aromatic heterocycles. The third-order valence-corrected chi connectivity index (χ3v) is 2.96. The monoisotopic (exact) mass is 295 g/mol. The Balaban J connectivity index is 2.69. The van der Waals surface area contributed by atoms with E-state index < -0.39 is 0 Å². The lowest BCUT2D eigenvalue weighted by molar-refractivity contribution is 0.124. The molecule has 2 rings (SSSR count). The van der Waals surface area contributed by atoms with Crippen LogP contribution < -0.4 is 14.2 Å². The standard InChI is InChI=1S/C15H18ClNO3/c1-15(2,3)20-12-8-9(16)13-10(18-4)6-7-11(19-5)14(13)17-12/h6-8H,1-5H3. The number of halogens is 1. The van der Waals surface area contributed by atoms with Gasteiger partial charge in [0, 0.05) is 6.07 Å². The number of rotatable bonds is 3. The van der Waals surface area contributed by atoms with Crippen LogP contribution in [0.25, 0.3) is 10.9 Å². The third kappa shape index (κ3) is 2.90. The van der Waals surface area contributed by atoms with Crippen molar-refractivity contribution < 1.29 is 14.2 Å². The van der Waals surface area contributed by atoms with Gasteiger partial charge < -0.3 is 14.2 Å². The summed E-state index contributed by atoms with van der Waals surface area (Å²) < 4.78 is 16.4. The Hall–Kier alpha value is -1.68. The molecule has 5 heteroatoms. The first-order valence-electron chi connectivity index (χ1n) is 6.26. The summed E-state index contributed by atoms with van der Waals surface area (Å²) in [5.41, 5.74) is 0.273. The third-order valence-electron chi connectivity index (χ3n) is 2.66. The van der Waals surface area contributed by atoms with E-state index in [0.717, 1.165) is 5.39 Å². The van der Waals surface area contributed by atoms with Crippen LogP contribution in [0.4, 0.5) is 0 Å². The van der Waals surface area contributed by atoms with Crippen molar-refractivity contribution in [3.8, 4) is 17.4 Å². The molecule has 0 N–H and O–H groups in total. The van der Waals surface area contributed by atoms with Crippen LogP contribution in [-0.4, -0.2) is 24.8 Å². The number of aromatic nitrogens is 1. The summed E-state index contributed by atoms with van der Waals surface area (Å²) in [6, 6.07) is 5.29. The van der Waals surface area contributed by atoms with E-state index in [-0.39, 0.29) is 5.60 Å². The summed E-state index contributed by atoms with van der Waals surface area (Å²) in [5, 5.41) is 1.24. The molecule has 2 aromatic rings. The SMILES string of the molecule is COc1ccc(OC)c2c(Cl)cc(OC(C)(C)C)nc12. The molecule has 20 heavy (non-hydrogen) atoms. The van der Waals surface area contributed by atoms with Gasteiger partial charge in [0.25, 0.3) is 0 Å². The number of hydrogen-bond acceptors (Lipinski definition) is 4. The highest BCUT2D eigenvalue weighted by atomic mass is 35.5. The van der Waals surface area contributed by atoms with E-state index in [2.05, 4.69) is 4.98 Å². The van der Waals surface area contributed by atoms with Gasteiger partial charge in [-0.25, -0.2) is 4.98 Å². The first-order valence-corrected chi connectivity index (χ1v) is 6.64. The molecule has 0 aliphatic carbocycles. The van der Waals surface area contributed by atoms with Crippen LogP contribution in [0.5, 0.6) is 17.4 Å². The highest BCUT2D eigenvalue weighted by molar-refractivity contribution is 6.36. The average Bonchev–Trinajstić information content (AvgIpc) is 2.35. The maximum absolute atomic E-state index is 6.35. The molecule has 1 heterocycles. The summed E-state index contributed by atoms with van der Waals surface area (Å²) in [5.74, 6) is 1.74. The topological polar surface area (TPSA) is 40.6 Å². The lowest BCUT2D eigenvalue weighted by atomic mass is 10.1. The number of benzene rings is 1. The Bertz CT molecular complexity index is 635. The van der Waals surface area contributed by atoms with Gasteiger partial charge in [-0.1, -0.05) is 11.6 Å². The van der Waals surface area contributed by atoms with Gasteiger partial charge in [0.2, 0.25) is 5.88 Å². The van der Waals surface area contributed by atoms with E-state index in [1.54, 1.807) is 32.4 Å². The van der Waals surface area contributed by atoms with Crippen molar-refractivity contribution in [1.82, 2.24) is 4.98 Å². The van der Waals surface area contributed by atoms with Crippen LogP contribution in [-0.2, 0) is 0 Å². The molecule has 0 unspecified atom stereocenters. The molecule has 0 saturated carbocycles. The minimum Gasteiger partial charge on any atom is -0.496 e. The van der Waals surface area contributed by atoms with E-state index in [0.29, 0.717) is 27.9 Å². The average molecular weight is 296 g/mol. The van der Waals surface area contributed by atoms with Crippen LogP contribution >= 0.6 is 11.6 Å². The van der Waals surface area contributed by atoms with Crippen molar-refractivity contribution in [1.29, 1.82) is 0 Å². The molecule has 0 aliphatic rings. The van der Waals surface area contributed by atoms with E-state index in [1.165, 1.54) is 0 Å². The van der Waals surface area contributed by atoms with Gasteiger partial charge in [-0.2, -0.15) is 0 Å². The molecule has 1 aromatic carbocycles. The molecule has 0 amide bonds. The minimum absolute atomic E-state index is 0.351. The Labute approximate surface area is 123 Å². The number of methoxy groups -OCH3 is 2. The molecule has 0 saturated heterocycles. The maximum Gasteiger partial charge on any atom is 0.215 e. The van der Waals surface area contributed by atoms with E-state index in [9.17, 15) is 0 Å². The van der Waals surface area contributed by atoms with Crippen molar-refractivity contribution in [3.63, 3.8) is 0 Å². The van der Waals surface area contributed by atoms with Gasteiger partial charge in [0.1, 0.15) is 22.6 Å². The minimum atomic E-state index is -0.351. The normalized spacial score (nSPS) is 11.5. The highest BCUT2D eigenvalue weighted by Crippen LogP contribution is 2.38. The smallest absolute Gasteiger partial charge is 0.215 e. The van der Waals surface area contributed by atoms with Crippen molar-refractivity contribution in [2.24, 2.45) is 0 Å². The lowest BCUT2D eigenvalue weighted by Crippen LogP contribution is -2.23. The zero-order valence-corrected chi connectivity index (χ0v) is 13.0. The summed E-state index contributed by atoms with van der Waals surface area (Å²) in [6.45, 7) is 5.86. The van der Waals surface area contributed by atoms with Crippen LogP contribution in [0.1, 0.15) is 20.8 Å². The molecule has 4 nitrogen and oxygen atoms in total. The predicted octanol–water partition coefficient (Wildman–Crippen LogP) is 4.08. The molecule has 0 atom stereocenters. The van der Waals surface area contributed by atoms with Crippen LogP contribution in [0.3, 0.4) is 0 Å². The summed E-state index contributed by atoms with van der Waals surface area (Å²) in [6.07, 6.45) is 0. The van der Waals surface area contributed by atoms with Gasteiger partial charge >= 0.3 is 0 Å². The van der Waals surface area contributed by atoms with Crippen molar-refractivity contribution >= 4 is 22.5 Å². The van der Waals surface area contributed by atoms with Gasteiger partial charge in [-0.15, -0.1) is 0 Å². The van der Waals surface area contributed by atoms with E-state index in [4.69, 9.17) is 25.8 Å². The van der Waals surface area contributed by atoms with Crippen LogP contribution in [0, 0.1) is 0 Å². The van der Waals surface area contributed by atoms with Gasteiger partial charge in [-0.3, -0.25) is 0 Å². The molecule has 0 spiro atoms. The number of ether oxygens (including phenoxy) is 3. The molecule has 0 aliphatic heterocycles. The Morgan fingerprint density at radius 3 is 2.20 bits per heavy atom. The second-order valence-corrected chi connectivity index (χ2v) is 5.76. The van der Waals surface area contributed by atoms with Gasteiger partial charge in [-0.05, 0) is 32.9 Å². The molecular formula is C15H18ClNO3. The summed E-state index contributed by atoms with van der Waals surface area (Å²) in [7, 11) is 3.19. The highest BCUT2D eigenvalue weighted by Gasteiger charge is 2.18. The number of pyridine rings is 1. The molecule has 108 valence electrons. The van der Waals surface area contributed by atoms with E-state index in [1.807, 2.05) is 20.8 Å². The van der Waals surface area contributed by atoms with Gasteiger partial charge in [0.05, 0.1) is 24.6 Å². The second-order valence-electron chi connectivity index (χ2n) is 5.35. The Morgan fingerprint density at radius 2 is 1.65 bits per heavy atom. The molecule has 0 bridgehead atoms. The van der Waals surface area contributed by atoms with E-state index >= 15 is 0 Å².